The molecular formula is C12H17ClN2O4S. The predicted octanol–water partition coefficient (Wildman–Crippen LogP) is 0.601. The Bertz CT molecular complexity index is 593. The molecule has 6 nitrogen and oxygen atoms in total. The number of para-hydroxylation sites is 1. The van der Waals surface area contributed by atoms with Crippen LogP contribution in [0.4, 0.5) is 0 Å². The fourth-order valence-electron chi connectivity index (χ4n) is 2.36. The van der Waals surface area contributed by atoms with Crippen LogP contribution in [-0.4, -0.2) is 45.1 Å². The molecule has 20 heavy (non-hydrogen) atoms. The SMILES string of the molecule is Cl.N[C@@H]1CCN(S(=O)(=O)c2cccc3c2OCCO3)C1. The van der Waals surface area contributed by atoms with Gasteiger partial charge in [0.15, 0.2) is 11.5 Å². The minimum atomic E-state index is -3.56. The molecule has 1 atom stereocenters. The van der Waals surface area contributed by atoms with Gasteiger partial charge in [0.05, 0.1) is 0 Å². The van der Waals surface area contributed by atoms with Crippen molar-refractivity contribution in [3.63, 3.8) is 0 Å². The summed E-state index contributed by atoms with van der Waals surface area (Å²) in [7, 11) is -3.56. The van der Waals surface area contributed by atoms with E-state index in [1.807, 2.05) is 0 Å². The standard InChI is InChI=1S/C12H16N2O4S.ClH/c13-9-4-5-14(8-9)19(15,16)11-3-1-2-10-12(11)18-7-6-17-10;/h1-3,9H,4-8,13H2;1H/t9-;/m1./s1. The largest absolute Gasteiger partial charge is 0.486 e. The molecule has 0 radical (unpaired) electrons. The topological polar surface area (TPSA) is 81.9 Å². The van der Waals surface area contributed by atoms with Gasteiger partial charge in [-0.25, -0.2) is 8.42 Å². The molecule has 1 aromatic rings. The van der Waals surface area contributed by atoms with Gasteiger partial charge in [0.2, 0.25) is 10.0 Å². The average molecular weight is 321 g/mol. The Morgan fingerprint density at radius 3 is 2.70 bits per heavy atom. The van der Waals surface area contributed by atoms with Crippen LogP contribution in [0.25, 0.3) is 0 Å². The molecule has 1 aromatic carbocycles. The van der Waals surface area contributed by atoms with Gasteiger partial charge in [0, 0.05) is 19.1 Å². The molecule has 2 aliphatic heterocycles. The van der Waals surface area contributed by atoms with Gasteiger partial charge in [-0.2, -0.15) is 4.31 Å². The number of rotatable bonds is 2. The van der Waals surface area contributed by atoms with E-state index in [1.54, 1.807) is 18.2 Å². The van der Waals surface area contributed by atoms with Gasteiger partial charge in [-0.3, -0.25) is 0 Å². The molecule has 2 N–H and O–H groups in total. The van der Waals surface area contributed by atoms with E-state index < -0.39 is 10.0 Å². The van der Waals surface area contributed by atoms with E-state index in [9.17, 15) is 8.42 Å². The van der Waals surface area contributed by atoms with Crippen molar-refractivity contribution < 1.29 is 17.9 Å². The van der Waals surface area contributed by atoms with Crippen molar-refractivity contribution >= 4 is 22.4 Å². The summed E-state index contributed by atoms with van der Waals surface area (Å²) in [5.41, 5.74) is 5.78. The first-order valence-electron chi connectivity index (χ1n) is 6.23. The Kier molecular flexibility index (Phi) is 4.43. The Morgan fingerprint density at radius 2 is 2.00 bits per heavy atom. The summed E-state index contributed by atoms with van der Waals surface area (Å²) >= 11 is 0. The zero-order valence-corrected chi connectivity index (χ0v) is 12.5. The number of hydrogen-bond donors (Lipinski definition) is 1. The van der Waals surface area contributed by atoms with Gasteiger partial charge >= 0.3 is 0 Å². The summed E-state index contributed by atoms with van der Waals surface area (Å²) in [5, 5.41) is 0. The normalized spacial score (nSPS) is 22.4. The van der Waals surface area contributed by atoms with E-state index in [0.717, 1.165) is 0 Å². The number of ether oxygens (including phenoxy) is 2. The molecule has 0 amide bonds. The lowest BCUT2D eigenvalue weighted by Crippen LogP contribution is -2.32. The first-order valence-corrected chi connectivity index (χ1v) is 7.67. The van der Waals surface area contributed by atoms with E-state index >= 15 is 0 Å². The molecular weight excluding hydrogens is 304 g/mol. The Balaban J connectivity index is 0.00000147. The maximum Gasteiger partial charge on any atom is 0.246 e. The van der Waals surface area contributed by atoms with Crippen LogP contribution in [0, 0.1) is 0 Å². The number of fused-ring (bicyclic) bond motifs is 1. The van der Waals surface area contributed by atoms with Crippen molar-refractivity contribution in [1.82, 2.24) is 4.31 Å². The molecule has 0 aliphatic carbocycles. The third-order valence-electron chi connectivity index (χ3n) is 3.34. The molecule has 1 fully saturated rings. The maximum absolute atomic E-state index is 12.6. The van der Waals surface area contributed by atoms with Gasteiger partial charge in [-0.15, -0.1) is 12.4 Å². The number of nitrogens with two attached hydrogens (primary N) is 1. The van der Waals surface area contributed by atoms with E-state index in [0.29, 0.717) is 44.2 Å². The minimum Gasteiger partial charge on any atom is -0.486 e. The van der Waals surface area contributed by atoms with Crippen LogP contribution in [0.3, 0.4) is 0 Å². The second-order valence-corrected chi connectivity index (χ2v) is 6.60. The van der Waals surface area contributed by atoms with Crippen molar-refractivity contribution in [2.75, 3.05) is 26.3 Å². The van der Waals surface area contributed by atoms with Crippen molar-refractivity contribution in [3.8, 4) is 11.5 Å². The summed E-state index contributed by atoms with van der Waals surface area (Å²) in [5.74, 6) is 0.796. The van der Waals surface area contributed by atoms with Crippen LogP contribution < -0.4 is 15.2 Å². The fraction of sp³-hybridized carbons (Fsp3) is 0.500. The zero-order chi connectivity index (χ0) is 13.5. The summed E-state index contributed by atoms with van der Waals surface area (Å²) < 4.78 is 37.5. The Hall–Kier alpha value is -1.02. The van der Waals surface area contributed by atoms with E-state index in [1.165, 1.54) is 4.31 Å². The first-order chi connectivity index (χ1) is 9.09. The van der Waals surface area contributed by atoms with Crippen LogP contribution in [0.15, 0.2) is 23.1 Å². The van der Waals surface area contributed by atoms with Crippen LogP contribution in [0.1, 0.15) is 6.42 Å². The third-order valence-corrected chi connectivity index (χ3v) is 5.22. The third kappa shape index (κ3) is 2.58. The highest BCUT2D eigenvalue weighted by molar-refractivity contribution is 7.89. The van der Waals surface area contributed by atoms with E-state index in [4.69, 9.17) is 15.2 Å². The molecule has 0 aromatic heterocycles. The number of nitrogens with zero attached hydrogens (tertiary/aromatic N) is 1. The fourth-order valence-corrected chi connectivity index (χ4v) is 4.02. The second-order valence-electron chi connectivity index (χ2n) is 4.69. The molecule has 2 aliphatic rings. The highest BCUT2D eigenvalue weighted by atomic mass is 35.5. The lowest BCUT2D eigenvalue weighted by Gasteiger charge is -2.23. The van der Waals surface area contributed by atoms with Crippen molar-refractivity contribution in [2.24, 2.45) is 5.73 Å². The molecule has 8 heteroatoms. The van der Waals surface area contributed by atoms with Crippen molar-refractivity contribution in [1.29, 1.82) is 0 Å². The van der Waals surface area contributed by atoms with E-state index in [2.05, 4.69) is 0 Å². The van der Waals surface area contributed by atoms with Crippen LogP contribution in [0.2, 0.25) is 0 Å². The number of hydrogen-bond acceptors (Lipinski definition) is 5. The maximum atomic E-state index is 12.6. The van der Waals surface area contributed by atoms with Crippen LogP contribution >= 0.6 is 12.4 Å². The monoisotopic (exact) mass is 320 g/mol. The van der Waals surface area contributed by atoms with Crippen molar-refractivity contribution in [3.05, 3.63) is 18.2 Å². The number of benzene rings is 1. The van der Waals surface area contributed by atoms with Crippen LogP contribution in [0.5, 0.6) is 11.5 Å². The molecule has 0 spiro atoms. The zero-order valence-electron chi connectivity index (χ0n) is 10.8. The Morgan fingerprint density at radius 1 is 1.25 bits per heavy atom. The van der Waals surface area contributed by atoms with Gasteiger partial charge in [0.25, 0.3) is 0 Å². The highest BCUT2D eigenvalue weighted by Crippen LogP contribution is 2.38. The van der Waals surface area contributed by atoms with Gasteiger partial charge in [0.1, 0.15) is 18.1 Å². The molecule has 2 heterocycles. The smallest absolute Gasteiger partial charge is 0.246 e. The summed E-state index contributed by atoms with van der Waals surface area (Å²) in [6.45, 7) is 1.60. The summed E-state index contributed by atoms with van der Waals surface area (Å²) in [6.07, 6.45) is 0.686. The highest BCUT2D eigenvalue weighted by Gasteiger charge is 2.34. The predicted molar refractivity (Wildman–Crippen MR) is 76.0 cm³/mol. The lowest BCUT2D eigenvalue weighted by atomic mass is 10.3. The second kappa shape index (κ2) is 5.77. The van der Waals surface area contributed by atoms with E-state index in [-0.39, 0.29) is 23.3 Å². The molecule has 112 valence electrons. The van der Waals surface area contributed by atoms with Gasteiger partial charge < -0.3 is 15.2 Å². The molecule has 1 saturated heterocycles. The lowest BCUT2D eigenvalue weighted by molar-refractivity contribution is 0.166. The molecule has 0 bridgehead atoms. The average Bonchev–Trinajstić information content (AvgIpc) is 2.85. The first kappa shape index (κ1) is 15.4. The number of sulfonamides is 1. The summed E-state index contributed by atoms with van der Waals surface area (Å²) in [6, 6.07) is 4.83. The molecule has 0 unspecified atom stereocenters. The number of halogens is 1. The molecule has 0 saturated carbocycles. The van der Waals surface area contributed by atoms with Crippen molar-refractivity contribution in [2.45, 2.75) is 17.4 Å². The van der Waals surface area contributed by atoms with Gasteiger partial charge in [-0.05, 0) is 18.6 Å². The van der Waals surface area contributed by atoms with Crippen LogP contribution in [-0.2, 0) is 10.0 Å². The Labute approximate surface area is 124 Å². The minimum absolute atomic E-state index is 0. The summed E-state index contributed by atoms with van der Waals surface area (Å²) in [4.78, 5) is 0.166. The van der Waals surface area contributed by atoms with Gasteiger partial charge in [-0.1, -0.05) is 6.07 Å². The quantitative estimate of drug-likeness (QED) is 0.863. The molecule has 3 rings (SSSR count).